The summed E-state index contributed by atoms with van der Waals surface area (Å²) in [5.74, 6) is -1.23. The smallest absolute Gasteiger partial charge is 0.237 e. The topological polar surface area (TPSA) is 72.8 Å². The summed E-state index contributed by atoms with van der Waals surface area (Å²) in [4.78, 5) is 23.1. The second kappa shape index (κ2) is 3.93. The van der Waals surface area contributed by atoms with Crippen LogP contribution in [0.5, 0.6) is 11.5 Å². The number of methoxy groups -OCH3 is 2. The highest BCUT2D eigenvalue weighted by Crippen LogP contribution is 2.37. The van der Waals surface area contributed by atoms with Crippen molar-refractivity contribution < 1.29 is 24.2 Å². The molecule has 0 bridgehead atoms. The number of allylic oxidation sites excluding steroid dienone is 1. The third-order valence-corrected chi connectivity index (χ3v) is 2.54. The Bertz CT molecular complexity index is 542. The Balaban J connectivity index is 2.81. The number of fused-ring (bicyclic) bond motifs is 1. The molecule has 0 heterocycles. The number of carbonyl (C=O) groups excluding carboxylic acids is 2. The van der Waals surface area contributed by atoms with Crippen molar-refractivity contribution in [3.05, 3.63) is 29.3 Å². The minimum atomic E-state index is -0.776. The minimum absolute atomic E-state index is 0.0388. The van der Waals surface area contributed by atoms with E-state index in [1.165, 1.54) is 20.3 Å². The summed E-state index contributed by atoms with van der Waals surface area (Å²) in [6, 6.07) is 3.08. The molecule has 0 amide bonds. The van der Waals surface area contributed by atoms with Crippen molar-refractivity contribution >= 4 is 17.3 Å². The van der Waals surface area contributed by atoms with Gasteiger partial charge in [-0.3, -0.25) is 9.59 Å². The number of aliphatic hydroxyl groups is 1. The highest BCUT2D eigenvalue weighted by Gasteiger charge is 2.31. The van der Waals surface area contributed by atoms with Crippen LogP contribution in [-0.2, 0) is 4.79 Å². The molecule has 0 radical (unpaired) electrons. The van der Waals surface area contributed by atoms with E-state index in [0.29, 0.717) is 5.75 Å². The van der Waals surface area contributed by atoms with Crippen molar-refractivity contribution in [2.45, 2.75) is 0 Å². The van der Waals surface area contributed by atoms with Crippen molar-refractivity contribution in [2.75, 3.05) is 14.2 Å². The summed E-state index contributed by atoms with van der Waals surface area (Å²) >= 11 is 0. The molecule has 0 saturated heterocycles. The highest BCUT2D eigenvalue weighted by molar-refractivity contribution is 6.51. The number of carbonyl (C=O) groups is 2. The van der Waals surface area contributed by atoms with Gasteiger partial charge in [0.15, 0.2) is 0 Å². The summed E-state index contributed by atoms with van der Waals surface area (Å²) in [5, 5.41) is 9.73. The van der Waals surface area contributed by atoms with Gasteiger partial charge >= 0.3 is 0 Å². The number of benzene rings is 1. The Morgan fingerprint density at radius 2 is 1.53 bits per heavy atom. The van der Waals surface area contributed by atoms with Gasteiger partial charge in [0, 0.05) is 6.08 Å². The predicted octanol–water partition coefficient (Wildman–Crippen LogP) is 1.37. The lowest BCUT2D eigenvalue weighted by atomic mass is 9.92. The lowest BCUT2D eigenvalue weighted by molar-refractivity contribution is -0.111. The van der Waals surface area contributed by atoms with E-state index in [1.54, 1.807) is 6.07 Å². The van der Waals surface area contributed by atoms with E-state index in [2.05, 4.69) is 0 Å². The van der Waals surface area contributed by atoms with E-state index in [1.807, 2.05) is 0 Å². The van der Waals surface area contributed by atoms with Gasteiger partial charge in [-0.1, -0.05) is 0 Å². The second-order valence-corrected chi connectivity index (χ2v) is 3.44. The fourth-order valence-electron chi connectivity index (χ4n) is 1.77. The molecular weight excluding hydrogens is 224 g/mol. The van der Waals surface area contributed by atoms with Gasteiger partial charge in [0.2, 0.25) is 11.6 Å². The SMILES string of the molecule is COc1ccc(OC)c2c1C(=O)C(=O)C=C2O. The molecule has 0 fully saturated rings. The molecule has 0 aliphatic heterocycles. The van der Waals surface area contributed by atoms with Crippen molar-refractivity contribution in [3.8, 4) is 11.5 Å². The Morgan fingerprint density at radius 1 is 1.00 bits per heavy atom. The number of hydrogen-bond acceptors (Lipinski definition) is 5. The van der Waals surface area contributed by atoms with Gasteiger partial charge in [-0.05, 0) is 12.1 Å². The summed E-state index contributed by atoms with van der Waals surface area (Å²) < 4.78 is 10.1. The van der Waals surface area contributed by atoms with Gasteiger partial charge in [-0.2, -0.15) is 0 Å². The van der Waals surface area contributed by atoms with E-state index in [4.69, 9.17) is 9.47 Å². The van der Waals surface area contributed by atoms with Crippen molar-refractivity contribution in [1.29, 1.82) is 0 Å². The van der Waals surface area contributed by atoms with Gasteiger partial charge < -0.3 is 14.6 Å². The van der Waals surface area contributed by atoms with E-state index in [9.17, 15) is 14.7 Å². The van der Waals surface area contributed by atoms with Crippen LogP contribution in [0.25, 0.3) is 5.76 Å². The molecule has 1 aliphatic carbocycles. The minimum Gasteiger partial charge on any atom is -0.507 e. The monoisotopic (exact) mass is 234 g/mol. The third-order valence-electron chi connectivity index (χ3n) is 2.54. The van der Waals surface area contributed by atoms with Gasteiger partial charge in [0.05, 0.1) is 25.3 Å². The Hall–Kier alpha value is -2.30. The van der Waals surface area contributed by atoms with Gasteiger partial charge in [0.1, 0.15) is 17.3 Å². The fourth-order valence-corrected chi connectivity index (χ4v) is 1.77. The molecule has 1 aromatic rings. The Kier molecular flexibility index (Phi) is 2.59. The van der Waals surface area contributed by atoms with Crippen molar-refractivity contribution in [2.24, 2.45) is 0 Å². The van der Waals surface area contributed by atoms with Crippen LogP contribution in [-0.4, -0.2) is 30.9 Å². The first-order valence-electron chi connectivity index (χ1n) is 4.84. The fraction of sp³-hybridized carbons (Fsp3) is 0.167. The zero-order valence-electron chi connectivity index (χ0n) is 9.31. The van der Waals surface area contributed by atoms with Crippen LogP contribution in [0, 0.1) is 0 Å². The van der Waals surface area contributed by atoms with Gasteiger partial charge in [0.25, 0.3) is 0 Å². The maximum absolute atomic E-state index is 11.8. The van der Waals surface area contributed by atoms with Crippen LogP contribution in [0.1, 0.15) is 15.9 Å². The van der Waals surface area contributed by atoms with Gasteiger partial charge in [-0.15, -0.1) is 0 Å². The summed E-state index contributed by atoms with van der Waals surface area (Å²) in [6.45, 7) is 0. The lowest BCUT2D eigenvalue weighted by Gasteiger charge is -2.17. The van der Waals surface area contributed by atoms with Crippen LogP contribution in [0.4, 0.5) is 0 Å². The Labute approximate surface area is 97.3 Å². The maximum Gasteiger partial charge on any atom is 0.237 e. The van der Waals surface area contributed by atoms with E-state index >= 15 is 0 Å². The summed E-state index contributed by atoms with van der Waals surface area (Å²) in [7, 11) is 2.80. The molecule has 1 aromatic carbocycles. The van der Waals surface area contributed by atoms with Crippen LogP contribution in [0.15, 0.2) is 18.2 Å². The molecule has 1 aliphatic rings. The van der Waals surface area contributed by atoms with Crippen LogP contribution < -0.4 is 9.47 Å². The van der Waals surface area contributed by atoms with Crippen LogP contribution >= 0.6 is 0 Å². The largest absolute Gasteiger partial charge is 0.507 e. The number of ketones is 2. The maximum atomic E-state index is 11.8. The number of hydrogen-bond donors (Lipinski definition) is 1. The lowest BCUT2D eigenvalue weighted by Crippen LogP contribution is -2.20. The molecule has 88 valence electrons. The molecule has 0 saturated carbocycles. The second-order valence-electron chi connectivity index (χ2n) is 3.44. The summed E-state index contributed by atoms with van der Waals surface area (Å²) in [5.41, 5.74) is 0.230. The number of rotatable bonds is 2. The molecule has 5 nitrogen and oxygen atoms in total. The molecule has 2 rings (SSSR count). The molecule has 0 spiro atoms. The van der Waals surface area contributed by atoms with Crippen LogP contribution in [0.3, 0.4) is 0 Å². The average molecular weight is 234 g/mol. The van der Waals surface area contributed by atoms with Crippen LogP contribution in [0.2, 0.25) is 0 Å². The molecule has 1 N–H and O–H groups in total. The third kappa shape index (κ3) is 1.56. The number of aliphatic hydroxyl groups excluding tert-OH is 1. The van der Waals surface area contributed by atoms with E-state index in [-0.39, 0.29) is 22.6 Å². The van der Waals surface area contributed by atoms with E-state index in [0.717, 1.165) is 6.08 Å². The average Bonchev–Trinajstić information content (AvgIpc) is 2.34. The quantitative estimate of drug-likeness (QED) is 0.782. The Morgan fingerprint density at radius 3 is 2.06 bits per heavy atom. The molecular formula is C12H10O5. The zero-order chi connectivity index (χ0) is 12.6. The van der Waals surface area contributed by atoms with E-state index < -0.39 is 11.6 Å². The first kappa shape index (κ1) is 11.2. The molecule has 17 heavy (non-hydrogen) atoms. The number of ether oxygens (including phenoxy) is 2. The normalized spacial score (nSPS) is 14.1. The molecule has 0 aromatic heterocycles. The standard InChI is InChI=1S/C12H10O5/c1-16-8-3-4-9(17-2)11-10(8)6(13)5-7(14)12(11)15/h3-5,13H,1-2H3. The predicted molar refractivity (Wildman–Crippen MR) is 59.5 cm³/mol. The first-order valence-corrected chi connectivity index (χ1v) is 4.84. The van der Waals surface area contributed by atoms with Gasteiger partial charge in [-0.25, -0.2) is 0 Å². The zero-order valence-corrected chi connectivity index (χ0v) is 9.31. The van der Waals surface area contributed by atoms with Crippen molar-refractivity contribution in [1.82, 2.24) is 0 Å². The highest BCUT2D eigenvalue weighted by atomic mass is 16.5. The molecule has 5 heteroatoms. The number of Topliss-reactive ketones (excluding diaryl/α,β-unsaturated/α-hetero) is 1. The summed E-state index contributed by atoms with van der Waals surface area (Å²) in [6.07, 6.45) is 0.882. The van der Waals surface area contributed by atoms with Crippen molar-refractivity contribution in [3.63, 3.8) is 0 Å². The molecule has 0 atom stereocenters. The first-order chi connectivity index (χ1) is 8.10. The molecule has 0 unspecified atom stereocenters.